The Balaban J connectivity index is 1.66. The van der Waals surface area contributed by atoms with E-state index < -0.39 is 0 Å². The molecule has 1 saturated heterocycles. The van der Waals surface area contributed by atoms with Crippen molar-refractivity contribution >= 4 is 17.2 Å². The maximum Gasteiger partial charge on any atom is 0.228 e. The van der Waals surface area contributed by atoms with Crippen LogP contribution >= 0.6 is 11.3 Å². The van der Waals surface area contributed by atoms with Crippen LogP contribution in [0, 0.1) is 0 Å². The van der Waals surface area contributed by atoms with E-state index in [1.807, 2.05) is 22.4 Å². The molecule has 2 aromatic rings. The molecule has 0 aliphatic carbocycles. The highest BCUT2D eigenvalue weighted by molar-refractivity contribution is 7.13. The van der Waals surface area contributed by atoms with Crippen LogP contribution in [0.25, 0.3) is 10.6 Å². The molecule has 0 spiro atoms. The predicted molar refractivity (Wildman–Crippen MR) is 82.8 cm³/mol. The molecule has 1 atom stereocenters. The average Bonchev–Trinajstić information content (AvgIpc) is 2.97. The highest BCUT2D eigenvalue weighted by Crippen LogP contribution is 2.23. The lowest BCUT2D eigenvalue weighted by atomic mass is 10.1. The summed E-state index contributed by atoms with van der Waals surface area (Å²) in [6, 6.07) is 3.97. The third-order valence-corrected chi connectivity index (χ3v) is 4.54. The number of nitrogens with two attached hydrogens (primary N) is 1. The summed E-state index contributed by atoms with van der Waals surface area (Å²) in [5.74, 6) is 0.119. The zero-order valence-electron chi connectivity index (χ0n) is 11.7. The third kappa shape index (κ3) is 3.46. The summed E-state index contributed by atoms with van der Waals surface area (Å²) in [6.07, 6.45) is 5.87. The Morgan fingerprint density at radius 3 is 3.19 bits per heavy atom. The molecule has 1 aliphatic rings. The number of aromatic nitrogens is 2. The van der Waals surface area contributed by atoms with E-state index in [2.05, 4.69) is 9.97 Å². The van der Waals surface area contributed by atoms with Gasteiger partial charge in [0.05, 0.1) is 12.1 Å². The van der Waals surface area contributed by atoms with Gasteiger partial charge in [0.1, 0.15) is 5.01 Å². The van der Waals surface area contributed by atoms with Gasteiger partial charge in [0, 0.05) is 42.5 Å². The van der Waals surface area contributed by atoms with Crippen LogP contribution in [0.4, 0.5) is 0 Å². The van der Waals surface area contributed by atoms with E-state index in [0.29, 0.717) is 13.0 Å². The highest BCUT2D eigenvalue weighted by atomic mass is 32.1. The van der Waals surface area contributed by atoms with Crippen molar-refractivity contribution in [2.75, 3.05) is 13.1 Å². The number of thiazole rings is 1. The van der Waals surface area contributed by atoms with Gasteiger partial charge in [-0.3, -0.25) is 9.78 Å². The number of likely N-dealkylation sites (tertiary alicyclic amines) is 1. The summed E-state index contributed by atoms with van der Waals surface area (Å²) in [5.41, 5.74) is 7.73. The molecule has 110 valence electrons. The Morgan fingerprint density at radius 1 is 1.52 bits per heavy atom. The topological polar surface area (TPSA) is 72.1 Å². The largest absolute Gasteiger partial charge is 0.341 e. The number of carbonyl (C=O) groups excluding carboxylic acids is 1. The first kappa shape index (κ1) is 14.2. The Labute approximate surface area is 127 Å². The van der Waals surface area contributed by atoms with Gasteiger partial charge in [-0.2, -0.15) is 0 Å². The number of hydrogen-bond donors (Lipinski definition) is 1. The summed E-state index contributed by atoms with van der Waals surface area (Å²) in [4.78, 5) is 22.8. The second-order valence-corrected chi connectivity index (χ2v) is 6.16. The molecule has 0 radical (unpaired) electrons. The molecule has 2 aromatic heterocycles. The van der Waals surface area contributed by atoms with Crippen LogP contribution in [-0.4, -0.2) is 39.9 Å². The summed E-state index contributed by atoms with van der Waals surface area (Å²) in [7, 11) is 0. The van der Waals surface area contributed by atoms with Crippen molar-refractivity contribution in [2.24, 2.45) is 5.73 Å². The second kappa shape index (κ2) is 6.32. The zero-order chi connectivity index (χ0) is 14.7. The molecule has 0 saturated carbocycles. The van der Waals surface area contributed by atoms with Crippen molar-refractivity contribution in [3.8, 4) is 10.6 Å². The molecule has 1 unspecified atom stereocenters. The lowest BCUT2D eigenvalue weighted by molar-refractivity contribution is -0.131. The summed E-state index contributed by atoms with van der Waals surface area (Å²) < 4.78 is 0. The van der Waals surface area contributed by atoms with Crippen LogP contribution in [0.1, 0.15) is 18.5 Å². The van der Waals surface area contributed by atoms with Gasteiger partial charge in [-0.05, 0) is 25.0 Å². The molecule has 1 amide bonds. The number of rotatable bonds is 3. The molecule has 3 heterocycles. The van der Waals surface area contributed by atoms with Gasteiger partial charge in [-0.1, -0.05) is 0 Å². The Kier molecular flexibility index (Phi) is 4.26. The summed E-state index contributed by atoms with van der Waals surface area (Å²) in [5, 5.41) is 2.85. The van der Waals surface area contributed by atoms with Gasteiger partial charge < -0.3 is 10.6 Å². The maximum atomic E-state index is 12.3. The predicted octanol–water partition coefficient (Wildman–Crippen LogP) is 1.70. The average molecular weight is 302 g/mol. The quantitative estimate of drug-likeness (QED) is 0.936. The number of hydrogen-bond acceptors (Lipinski definition) is 5. The van der Waals surface area contributed by atoms with Crippen molar-refractivity contribution in [3.05, 3.63) is 35.6 Å². The van der Waals surface area contributed by atoms with Gasteiger partial charge >= 0.3 is 0 Å². The minimum Gasteiger partial charge on any atom is -0.341 e. The molecular weight excluding hydrogens is 284 g/mol. The highest BCUT2D eigenvalue weighted by Gasteiger charge is 2.22. The molecule has 5 nitrogen and oxygen atoms in total. The fraction of sp³-hybridized carbons (Fsp3) is 0.400. The maximum absolute atomic E-state index is 12.3. The standard InChI is InChI=1S/C15H18N4OS/c16-12-4-2-6-19(9-12)14(20)7-13-10-21-15(18-13)11-3-1-5-17-8-11/h1,3,5,8,10,12H,2,4,6-7,9,16H2. The van der Waals surface area contributed by atoms with Gasteiger partial charge in [0.2, 0.25) is 5.91 Å². The molecule has 1 aliphatic heterocycles. The number of amides is 1. The van der Waals surface area contributed by atoms with Crippen LogP contribution in [0.3, 0.4) is 0 Å². The van der Waals surface area contributed by atoms with E-state index in [1.165, 1.54) is 0 Å². The first-order valence-corrected chi connectivity index (χ1v) is 7.98. The molecule has 3 rings (SSSR count). The normalized spacial score (nSPS) is 18.7. The van der Waals surface area contributed by atoms with Crippen LogP contribution < -0.4 is 5.73 Å². The van der Waals surface area contributed by atoms with Gasteiger partial charge in [-0.15, -0.1) is 11.3 Å². The lowest BCUT2D eigenvalue weighted by Gasteiger charge is -2.30. The van der Waals surface area contributed by atoms with E-state index in [-0.39, 0.29) is 11.9 Å². The smallest absolute Gasteiger partial charge is 0.228 e. The van der Waals surface area contributed by atoms with Crippen molar-refractivity contribution in [1.29, 1.82) is 0 Å². The first-order chi connectivity index (χ1) is 10.2. The molecule has 0 bridgehead atoms. The minimum absolute atomic E-state index is 0.115. The Hall–Kier alpha value is -1.79. The summed E-state index contributed by atoms with van der Waals surface area (Å²) >= 11 is 1.55. The van der Waals surface area contributed by atoms with Gasteiger partial charge in [-0.25, -0.2) is 4.98 Å². The monoisotopic (exact) mass is 302 g/mol. The number of nitrogens with zero attached hydrogens (tertiary/aromatic N) is 3. The van der Waals surface area contributed by atoms with Crippen LogP contribution in [-0.2, 0) is 11.2 Å². The fourth-order valence-electron chi connectivity index (χ4n) is 2.51. The van der Waals surface area contributed by atoms with E-state index >= 15 is 0 Å². The minimum atomic E-state index is 0.115. The molecule has 21 heavy (non-hydrogen) atoms. The first-order valence-electron chi connectivity index (χ1n) is 7.10. The van der Waals surface area contributed by atoms with E-state index in [4.69, 9.17) is 5.73 Å². The van der Waals surface area contributed by atoms with Crippen molar-refractivity contribution < 1.29 is 4.79 Å². The van der Waals surface area contributed by atoms with Crippen LogP contribution in [0.2, 0.25) is 0 Å². The second-order valence-electron chi connectivity index (χ2n) is 5.30. The van der Waals surface area contributed by atoms with Crippen molar-refractivity contribution in [3.63, 3.8) is 0 Å². The molecule has 1 fully saturated rings. The fourth-order valence-corrected chi connectivity index (χ4v) is 3.32. The van der Waals surface area contributed by atoms with E-state index in [1.54, 1.807) is 23.7 Å². The summed E-state index contributed by atoms with van der Waals surface area (Å²) in [6.45, 7) is 1.48. The molecule has 2 N–H and O–H groups in total. The third-order valence-electron chi connectivity index (χ3n) is 3.60. The van der Waals surface area contributed by atoms with Gasteiger partial charge in [0.15, 0.2) is 0 Å². The number of carbonyl (C=O) groups is 1. The SMILES string of the molecule is NC1CCCN(C(=O)Cc2csc(-c3cccnc3)n2)C1. The van der Waals surface area contributed by atoms with E-state index in [0.717, 1.165) is 35.7 Å². The van der Waals surface area contributed by atoms with E-state index in [9.17, 15) is 4.79 Å². The van der Waals surface area contributed by atoms with Crippen molar-refractivity contribution in [1.82, 2.24) is 14.9 Å². The lowest BCUT2D eigenvalue weighted by Crippen LogP contribution is -2.46. The number of piperidine rings is 1. The molecule has 0 aromatic carbocycles. The van der Waals surface area contributed by atoms with Gasteiger partial charge in [0.25, 0.3) is 0 Å². The van der Waals surface area contributed by atoms with Crippen molar-refractivity contribution in [2.45, 2.75) is 25.3 Å². The van der Waals surface area contributed by atoms with Crippen LogP contribution in [0.5, 0.6) is 0 Å². The molecule has 6 heteroatoms. The Bertz CT molecular complexity index is 613. The molecular formula is C15H18N4OS. The van der Waals surface area contributed by atoms with Crippen LogP contribution in [0.15, 0.2) is 29.9 Å². The Morgan fingerprint density at radius 2 is 2.43 bits per heavy atom. The number of pyridine rings is 1. The zero-order valence-corrected chi connectivity index (χ0v) is 12.6.